The van der Waals surface area contributed by atoms with Crippen molar-refractivity contribution in [2.45, 2.75) is 38.3 Å². The number of sulfonamides is 1. The Morgan fingerprint density at radius 2 is 1.69 bits per heavy atom. The minimum absolute atomic E-state index is 0.00220. The number of nitrogens with zero attached hydrogens (tertiary/aromatic N) is 2. The molecule has 10 nitrogen and oxygen atoms in total. The SMILES string of the molecule is CCc1ccc(OC)c(S(=O)(=O)N(Cc2ccc(OC)cc2OC)c2noc3ccc(CNC(C)=O)cc23)c1. The molecule has 0 aliphatic carbocycles. The summed E-state index contributed by atoms with van der Waals surface area (Å²) >= 11 is 0. The maximum atomic E-state index is 14.4. The van der Waals surface area contributed by atoms with Crippen LogP contribution in [-0.4, -0.2) is 40.8 Å². The van der Waals surface area contributed by atoms with Crippen molar-refractivity contribution < 1.29 is 31.9 Å². The molecule has 1 aromatic heterocycles. The third-order valence-corrected chi connectivity index (χ3v) is 8.06. The molecule has 0 aliphatic rings. The zero-order chi connectivity index (χ0) is 28.2. The van der Waals surface area contributed by atoms with Crippen LogP contribution in [0.2, 0.25) is 0 Å². The van der Waals surface area contributed by atoms with E-state index in [1.807, 2.05) is 13.0 Å². The van der Waals surface area contributed by atoms with Crippen molar-refractivity contribution in [2.75, 3.05) is 25.6 Å². The van der Waals surface area contributed by atoms with E-state index in [0.29, 0.717) is 34.5 Å². The number of ether oxygens (including phenoxy) is 3. The molecule has 1 amide bonds. The lowest BCUT2D eigenvalue weighted by Gasteiger charge is -2.24. The molecule has 0 saturated heterocycles. The molecule has 11 heteroatoms. The molecule has 0 bridgehead atoms. The number of hydrogen-bond acceptors (Lipinski definition) is 8. The number of benzene rings is 3. The monoisotopic (exact) mass is 553 g/mol. The first-order valence-electron chi connectivity index (χ1n) is 12.2. The minimum Gasteiger partial charge on any atom is -0.497 e. The highest BCUT2D eigenvalue weighted by Crippen LogP contribution is 2.37. The number of hydrogen-bond donors (Lipinski definition) is 1. The summed E-state index contributed by atoms with van der Waals surface area (Å²) in [5.74, 6) is 1.13. The second kappa shape index (κ2) is 11.6. The molecule has 4 aromatic rings. The highest BCUT2D eigenvalue weighted by atomic mass is 32.2. The standard InChI is InChI=1S/C28H31N3O7S/c1-6-19-7-12-25(36-4)27(14-19)39(33,34)31(17-21-9-10-22(35-3)15-26(21)37-5)28-23-13-20(16-29-18(2)32)8-11-24(23)38-30-28/h7-15H,6,16-17H2,1-5H3,(H,29,32). The Bertz CT molecular complexity index is 1600. The van der Waals surface area contributed by atoms with Crippen molar-refractivity contribution in [3.05, 3.63) is 71.3 Å². The molecule has 0 unspecified atom stereocenters. The van der Waals surface area contributed by atoms with Crippen LogP contribution in [-0.2, 0) is 34.3 Å². The predicted molar refractivity (Wildman–Crippen MR) is 147 cm³/mol. The van der Waals surface area contributed by atoms with E-state index in [0.717, 1.165) is 11.1 Å². The number of carbonyl (C=O) groups excluding carboxylic acids is 1. The van der Waals surface area contributed by atoms with E-state index < -0.39 is 10.0 Å². The number of amides is 1. The predicted octanol–water partition coefficient (Wildman–Crippen LogP) is 4.45. The molecule has 0 radical (unpaired) electrons. The van der Waals surface area contributed by atoms with Gasteiger partial charge < -0.3 is 24.1 Å². The third-order valence-electron chi connectivity index (χ3n) is 6.31. The maximum Gasteiger partial charge on any atom is 0.269 e. The number of aryl methyl sites for hydroxylation is 1. The molecule has 1 heterocycles. The molecule has 4 rings (SSSR count). The summed E-state index contributed by atoms with van der Waals surface area (Å²) in [6.45, 7) is 3.52. The number of fused-ring (bicyclic) bond motifs is 1. The van der Waals surface area contributed by atoms with Crippen LogP contribution in [0.4, 0.5) is 5.82 Å². The van der Waals surface area contributed by atoms with E-state index in [9.17, 15) is 13.2 Å². The summed E-state index contributed by atoms with van der Waals surface area (Å²) in [6, 6.07) is 15.5. The second-order valence-corrected chi connectivity index (χ2v) is 10.6. The molecular formula is C28H31N3O7S. The van der Waals surface area contributed by atoms with Gasteiger partial charge in [0.25, 0.3) is 10.0 Å². The van der Waals surface area contributed by atoms with Crippen molar-refractivity contribution >= 4 is 32.7 Å². The first-order valence-corrected chi connectivity index (χ1v) is 13.7. The second-order valence-electron chi connectivity index (χ2n) is 8.77. The van der Waals surface area contributed by atoms with E-state index in [-0.39, 0.29) is 35.5 Å². The van der Waals surface area contributed by atoms with Crippen LogP contribution >= 0.6 is 0 Å². The average molecular weight is 554 g/mol. The summed E-state index contributed by atoms with van der Waals surface area (Å²) in [5.41, 5.74) is 2.57. The fourth-order valence-corrected chi connectivity index (χ4v) is 5.77. The Morgan fingerprint density at radius 3 is 2.36 bits per heavy atom. The summed E-state index contributed by atoms with van der Waals surface area (Å²) < 4.78 is 51.8. The van der Waals surface area contributed by atoms with E-state index in [2.05, 4.69) is 10.5 Å². The van der Waals surface area contributed by atoms with Crippen molar-refractivity contribution in [2.24, 2.45) is 0 Å². The van der Waals surface area contributed by atoms with Gasteiger partial charge >= 0.3 is 0 Å². The van der Waals surface area contributed by atoms with E-state index in [4.69, 9.17) is 18.7 Å². The Kier molecular flexibility index (Phi) is 8.29. The van der Waals surface area contributed by atoms with E-state index >= 15 is 0 Å². The zero-order valence-corrected chi connectivity index (χ0v) is 23.3. The van der Waals surface area contributed by atoms with Crippen LogP contribution in [0, 0.1) is 0 Å². The number of methoxy groups -OCH3 is 3. The third kappa shape index (κ3) is 5.78. The molecule has 0 saturated carbocycles. The first kappa shape index (κ1) is 27.8. The zero-order valence-electron chi connectivity index (χ0n) is 22.5. The van der Waals surface area contributed by atoms with Crippen molar-refractivity contribution in [3.63, 3.8) is 0 Å². The van der Waals surface area contributed by atoms with Crippen molar-refractivity contribution in [3.8, 4) is 17.2 Å². The van der Waals surface area contributed by atoms with Gasteiger partial charge in [0.2, 0.25) is 5.91 Å². The molecular weight excluding hydrogens is 522 g/mol. The quantitative estimate of drug-likeness (QED) is 0.289. The fraction of sp³-hybridized carbons (Fsp3) is 0.286. The highest BCUT2D eigenvalue weighted by Gasteiger charge is 2.33. The van der Waals surface area contributed by atoms with Crippen LogP contribution in [0.25, 0.3) is 11.0 Å². The summed E-state index contributed by atoms with van der Waals surface area (Å²) in [5, 5.41) is 7.41. The van der Waals surface area contributed by atoms with Gasteiger partial charge in [0, 0.05) is 25.1 Å². The van der Waals surface area contributed by atoms with Gasteiger partial charge in [0.05, 0.1) is 33.3 Å². The number of anilines is 1. The number of carbonyl (C=O) groups is 1. The van der Waals surface area contributed by atoms with Gasteiger partial charge in [-0.2, -0.15) is 0 Å². The van der Waals surface area contributed by atoms with Crippen LogP contribution in [0.5, 0.6) is 17.2 Å². The molecule has 0 aliphatic heterocycles. The minimum atomic E-state index is -4.24. The molecule has 39 heavy (non-hydrogen) atoms. The summed E-state index contributed by atoms with van der Waals surface area (Å²) in [7, 11) is 0.233. The average Bonchev–Trinajstić information content (AvgIpc) is 3.36. The topological polar surface area (TPSA) is 120 Å². The van der Waals surface area contributed by atoms with Gasteiger partial charge in [-0.15, -0.1) is 0 Å². The van der Waals surface area contributed by atoms with E-state index in [1.165, 1.54) is 32.6 Å². The Morgan fingerprint density at radius 1 is 0.949 bits per heavy atom. The smallest absolute Gasteiger partial charge is 0.269 e. The van der Waals surface area contributed by atoms with Gasteiger partial charge in [-0.05, 0) is 53.9 Å². The molecule has 0 spiro atoms. The number of rotatable bonds is 11. The van der Waals surface area contributed by atoms with Crippen LogP contribution in [0.1, 0.15) is 30.5 Å². The molecule has 206 valence electrons. The maximum absolute atomic E-state index is 14.4. The van der Waals surface area contributed by atoms with Gasteiger partial charge in [-0.1, -0.05) is 24.2 Å². The van der Waals surface area contributed by atoms with Crippen LogP contribution in [0.15, 0.2) is 64.0 Å². The summed E-state index contributed by atoms with van der Waals surface area (Å²) in [6.07, 6.45) is 0.637. The lowest BCUT2D eigenvalue weighted by Crippen LogP contribution is -2.31. The highest BCUT2D eigenvalue weighted by molar-refractivity contribution is 7.93. The van der Waals surface area contributed by atoms with E-state index in [1.54, 1.807) is 48.5 Å². The molecule has 0 fully saturated rings. The normalized spacial score (nSPS) is 11.3. The van der Waals surface area contributed by atoms with Gasteiger partial charge in [0.1, 0.15) is 22.1 Å². The van der Waals surface area contributed by atoms with Gasteiger partial charge in [-0.3, -0.25) is 4.79 Å². The number of nitrogens with one attached hydrogen (secondary N) is 1. The Balaban J connectivity index is 1.92. The van der Waals surface area contributed by atoms with Gasteiger partial charge in [0.15, 0.2) is 11.4 Å². The Hall–Kier alpha value is -4.25. The largest absolute Gasteiger partial charge is 0.497 e. The van der Waals surface area contributed by atoms with Crippen LogP contribution < -0.4 is 23.8 Å². The van der Waals surface area contributed by atoms with Crippen molar-refractivity contribution in [1.29, 1.82) is 0 Å². The fourth-order valence-electron chi connectivity index (χ4n) is 4.16. The molecule has 3 aromatic carbocycles. The molecule has 1 N–H and O–H groups in total. The first-order chi connectivity index (χ1) is 18.7. The molecule has 0 atom stereocenters. The lowest BCUT2D eigenvalue weighted by molar-refractivity contribution is -0.119. The lowest BCUT2D eigenvalue weighted by atomic mass is 10.1. The number of aromatic nitrogens is 1. The van der Waals surface area contributed by atoms with Gasteiger partial charge in [-0.25, -0.2) is 12.7 Å². The Labute approximate surface area is 227 Å². The summed E-state index contributed by atoms with van der Waals surface area (Å²) in [4.78, 5) is 11.5. The van der Waals surface area contributed by atoms with Crippen molar-refractivity contribution in [1.82, 2.24) is 10.5 Å². The van der Waals surface area contributed by atoms with Crippen LogP contribution in [0.3, 0.4) is 0 Å².